The molecule has 3 aromatic rings. The van der Waals surface area contributed by atoms with Crippen LogP contribution in [0.4, 0.5) is 0 Å². The van der Waals surface area contributed by atoms with Crippen molar-refractivity contribution in [3.8, 4) is 0 Å². The summed E-state index contributed by atoms with van der Waals surface area (Å²) >= 11 is 0. The van der Waals surface area contributed by atoms with Crippen LogP contribution in [0.2, 0.25) is 0 Å². The van der Waals surface area contributed by atoms with Crippen molar-refractivity contribution in [3.05, 3.63) is 72.0 Å². The molecule has 2 N–H and O–H groups in total. The van der Waals surface area contributed by atoms with Gasteiger partial charge in [-0.25, -0.2) is 4.98 Å². The van der Waals surface area contributed by atoms with Crippen LogP contribution in [0.15, 0.2) is 53.7 Å². The second-order valence-corrected chi connectivity index (χ2v) is 4.54. The molecule has 22 heavy (non-hydrogen) atoms. The lowest BCUT2D eigenvalue weighted by atomic mass is 10.1. The van der Waals surface area contributed by atoms with Crippen LogP contribution in [0.1, 0.15) is 27.4 Å². The summed E-state index contributed by atoms with van der Waals surface area (Å²) in [5.74, 6) is -0.609. The molecule has 0 fully saturated rings. The largest absolute Gasteiger partial charge is 0.507 e. The minimum absolute atomic E-state index is 0.0568. The Morgan fingerprint density at radius 2 is 2.23 bits per heavy atom. The normalized spacial score (nSPS) is 11.5. The van der Waals surface area contributed by atoms with E-state index in [0.29, 0.717) is 12.0 Å². The molecule has 0 radical (unpaired) electrons. The molecule has 0 aliphatic carbocycles. The van der Waals surface area contributed by atoms with Crippen LogP contribution < -0.4 is 0 Å². The lowest BCUT2D eigenvalue weighted by Gasteiger charge is -2.01. The second kappa shape index (κ2) is 6.04. The number of aliphatic hydroxyl groups excluding tert-OH is 1. The van der Waals surface area contributed by atoms with E-state index in [9.17, 15) is 9.90 Å². The zero-order valence-electron chi connectivity index (χ0n) is 11.4. The molecule has 110 valence electrons. The smallest absolute Gasteiger partial charge is 0.226 e. The summed E-state index contributed by atoms with van der Waals surface area (Å²) in [6, 6.07) is 5.58. The first kappa shape index (κ1) is 13.7. The topological polar surface area (TPSA) is 105 Å². The maximum atomic E-state index is 11.9. The Morgan fingerprint density at radius 1 is 1.32 bits per heavy atom. The van der Waals surface area contributed by atoms with Crippen LogP contribution in [0.25, 0.3) is 5.76 Å². The average molecular weight is 296 g/mol. The van der Waals surface area contributed by atoms with Gasteiger partial charge in [-0.05, 0) is 12.1 Å². The van der Waals surface area contributed by atoms with Crippen molar-refractivity contribution < 1.29 is 14.3 Å². The highest BCUT2D eigenvalue weighted by Gasteiger charge is 2.14. The first-order chi connectivity index (χ1) is 10.7. The van der Waals surface area contributed by atoms with Crippen LogP contribution in [0, 0.1) is 0 Å². The van der Waals surface area contributed by atoms with E-state index in [4.69, 9.17) is 4.42 Å². The van der Waals surface area contributed by atoms with Gasteiger partial charge in [0.25, 0.3) is 0 Å². The first-order valence-corrected chi connectivity index (χ1v) is 6.50. The Kier molecular flexibility index (Phi) is 3.78. The maximum absolute atomic E-state index is 11.9. The Labute approximate surface area is 125 Å². The van der Waals surface area contributed by atoms with E-state index >= 15 is 0 Å². The van der Waals surface area contributed by atoms with Gasteiger partial charge in [-0.1, -0.05) is 6.07 Å². The van der Waals surface area contributed by atoms with Crippen molar-refractivity contribution in [3.63, 3.8) is 0 Å². The van der Waals surface area contributed by atoms with Crippen LogP contribution >= 0.6 is 0 Å². The van der Waals surface area contributed by atoms with Crippen molar-refractivity contribution in [1.82, 2.24) is 20.2 Å². The van der Waals surface area contributed by atoms with Crippen LogP contribution in [-0.4, -0.2) is 31.1 Å². The van der Waals surface area contributed by atoms with Gasteiger partial charge in [-0.3, -0.25) is 14.9 Å². The number of aliphatic hydroxyl groups is 1. The third-order valence-electron chi connectivity index (χ3n) is 3.03. The maximum Gasteiger partial charge on any atom is 0.226 e. The van der Waals surface area contributed by atoms with Crippen molar-refractivity contribution in [2.75, 3.05) is 0 Å². The molecule has 7 nitrogen and oxygen atoms in total. The summed E-state index contributed by atoms with van der Waals surface area (Å²) in [4.78, 5) is 19.8. The Morgan fingerprint density at radius 3 is 2.95 bits per heavy atom. The van der Waals surface area contributed by atoms with E-state index < -0.39 is 5.78 Å². The van der Waals surface area contributed by atoms with Crippen LogP contribution in [0.3, 0.4) is 0 Å². The Hall–Kier alpha value is -3.22. The van der Waals surface area contributed by atoms with Crippen molar-refractivity contribution >= 4 is 11.5 Å². The fraction of sp³-hybridized carbons (Fsp3) is 0.0667. The molecule has 0 aliphatic heterocycles. The Balaban J connectivity index is 1.83. The summed E-state index contributed by atoms with van der Waals surface area (Å²) in [6.45, 7) is 0. The number of carbonyl (C=O) groups is 1. The summed E-state index contributed by atoms with van der Waals surface area (Å²) in [7, 11) is 0. The number of nitrogens with zero attached hydrogens (tertiary/aromatic N) is 3. The number of pyridine rings is 1. The summed E-state index contributed by atoms with van der Waals surface area (Å²) in [5, 5.41) is 16.2. The van der Waals surface area contributed by atoms with Gasteiger partial charge in [0.1, 0.15) is 18.3 Å². The van der Waals surface area contributed by atoms with E-state index in [1.54, 1.807) is 6.20 Å². The van der Waals surface area contributed by atoms with E-state index in [1.165, 1.54) is 18.9 Å². The number of hydrogen-bond donors (Lipinski definition) is 2. The monoisotopic (exact) mass is 296 g/mol. The van der Waals surface area contributed by atoms with Gasteiger partial charge in [0.2, 0.25) is 5.78 Å². The number of allylic oxidation sites excluding steroid dienone is 1. The number of hydrogen-bond acceptors (Lipinski definition) is 6. The highest BCUT2D eigenvalue weighted by atomic mass is 16.3. The number of ketones is 1. The number of aromatic nitrogens is 4. The van der Waals surface area contributed by atoms with Gasteiger partial charge in [-0.2, -0.15) is 5.10 Å². The van der Waals surface area contributed by atoms with Crippen molar-refractivity contribution in [2.24, 2.45) is 0 Å². The van der Waals surface area contributed by atoms with Crippen molar-refractivity contribution in [2.45, 2.75) is 6.42 Å². The summed E-state index contributed by atoms with van der Waals surface area (Å²) in [6.07, 6.45) is 7.39. The van der Waals surface area contributed by atoms with E-state index in [-0.39, 0.29) is 11.6 Å². The second-order valence-electron chi connectivity index (χ2n) is 4.54. The molecule has 0 saturated carbocycles. The molecular formula is C15H12N4O3. The van der Waals surface area contributed by atoms with Crippen LogP contribution in [-0.2, 0) is 6.42 Å². The lowest BCUT2D eigenvalue weighted by molar-refractivity contribution is 0.103. The Bertz CT molecular complexity index is 791. The predicted octanol–water partition coefficient (Wildman–Crippen LogP) is 2.17. The predicted molar refractivity (Wildman–Crippen MR) is 77.1 cm³/mol. The van der Waals surface area contributed by atoms with E-state index in [0.717, 1.165) is 17.3 Å². The molecule has 3 rings (SSSR count). The molecule has 0 bridgehead atoms. The molecule has 3 aromatic heterocycles. The van der Waals surface area contributed by atoms with Gasteiger partial charge < -0.3 is 9.52 Å². The molecule has 0 saturated heterocycles. The van der Waals surface area contributed by atoms with Crippen molar-refractivity contribution in [1.29, 1.82) is 0 Å². The third kappa shape index (κ3) is 2.93. The number of H-pyrrole nitrogens is 1. The molecule has 3 heterocycles. The molecule has 7 heteroatoms. The zero-order chi connectivity index (χ0) is 15.4. The van der Waals surface area contributed by atoms with Gasteiger partial charge in [-0.15, -0.1) is 0 Å². The highest BCUT2D eigenvalue weighted by Crippen LogP contribution is 2.21. The summed E-state index contributed by atoms with van der Waals surface area (Å²) < 4.78 is 5.14. The van der Waals surface area contributed by atoms with Crippen LogP contribution in [0.5, 0.6) is 0 Å². The SMILES string of the molecule is O=C(C=C(O)c1cocc1Cc1ccccn1)c1ncn[nH]1. The number of carbonyl (C=O) groups excluding carboxylic acids is 1. The minimum Gasteiger partial charge on any atom is -0.507 e. The van der Waals surface area contributed by atoms with Gasteiger partial charge in [0, 0.05) is 30.0 Å². The quantitative estimate of drug-likeness (QED) is 0.424. The minimum atomic E-state index is -0.472. The molecule has 0 spiro atoms. The fourth-order valence-electron chi connectivity index (χ4n) is 1.98. The molecule has 0 aromatic carbocycles. The molecule has 0 aliphatic rings. The van der Waals surface area contributed by atoms with Gasteiger partial charge in [0.05, 0.1) is 11.8 Å². The summed E-state index contributed by atoms with van der Waals surface area (Å²) in [5.41, 5.74) is 2.01. The van der Waals surface area contributed by atoms with Gasteiger partial charge in [0.15, 0.2) is 5.82 Å². The number of rotatable bonds is 5. The highest BCUT2D eigenvalue weighted by molar-refractivity contribution is 6.05. The number of aromatic amines is 1. The molecular weight excluding hydrogens is 284 g/mol. The van der Waals surface area contributed by atoms with Gasteiger partial charge >= 0.3 is 0 Å². The standard InChI is InChI=1S/C15H12N4O3/c20-13(6-14(21)15-17-9-18-19-15)12-8-22-7-10(12)5-11-3-1-2-4-16-11/h1-4,6-9,20H,5H2,(H,17,18,19). The molecule has 0 amide bonds. The van der Waals surface area contributed by atoms with E-state index in [1.807, 2.05) is 18.2 Å². The lowest BCUT2D eigenvalue weighted by Crippen LogP contribution is -2.00. The average Bonchev–Trinajstić information content (AvgIpc) is 3.19. The number of furan rings is 1. The zero-order valence-corrected chi connectivity index (χ0v) is 11.4. The molecule has 0 unspecified atom stereocenters. The van der Waals surface area contributed by atoms with E-state index in [2.05, 4.69) is 20.2 Å². The first-order valence-electron chi connectivity index (χ1n) is 6.50. The number of nitrogens with one attached hydrogen (secondary N) is 1. The molecule has 0 atom stereocenters. The third-order valence-corrected chi connectivity index (χ3v) is 3.03. The fourth-order valence-corrected chi connectivity index (χ4v) is 1.98.